The van der Waals surface area contributed by atoms with Crippen molar-refractivity contribution in [3.8, 4) is 5.75 Å². The summed E-state index contributed by atoms with van der Waals surface area (Å²) in [7, 11) is 0. The van der Waals surface area contributed by atoms with Crippen molar-refractivity contribution in [1.82, 2.24) is 4.90 Å². The summed E-state index contributed by atoms with van der Waals surface area (Å²) in [5.74, 6) is 0.109. The van der Waals surface area contributed by atoms with Crippen LogP contribution in [0.2, 0.25) is 0 Å². The molecule has 1 aliphatic heterocycles. The number of hydrogen-bond donors (Lipinski definition) is 1. The van der Waals surface area contributed by atoms with E-state index >= 15 is 0 Å². The highest BCUT2D eigenvalue weighted by Gasteiger charge is 2.39. The Morgan fingerprint density at radius 1 is 0.967 bits per heavy atom. The number of carbonyl (C=O) groups excluding carboxylic acids is 2. The Balaban J connectivity index is 1.66. The van der Waals surface area contributed by atoms with Crippen molar-refractivity contribution in [2.75, 3.05) is 11.9 Å². The van der Waals surface area contributed by atoms with E-state index in [2.05, 4.69) is 5.32 Å². The molecule has 2 amide bonds. The summed E-state index contributed by atoms with van der Waals surface area (Å²) >= 11 is 1.44. The fraction of sp³-hybridized carbons (Fsp3) is 0.167. The zero-order chi connectivity index (χ0) is 20.9. The van der Waals surface area contributed by atoms with E-state index in [-0.39, 0.29) is 18.4 Å². The zero-order valence-corrected chi connectivity index (χ0v) is 17.4. The standard InChI is InChI=1S/C24H22N2O3S/c1-2-13-29-19-11-6-10-18(15-19)25-22-21(20-12-7-14-30-20)23(27)26(24(22)28)16-17-8-4-3-5-9-17/h3-12,14-15,25H,2,13,16H2,1H3. The van der Waals surface area contributed by atoms with E-state index < -0.39 is 0 Å². The van der Waals surface area contributed by atoms with Crippen LogP contribution in [0.5, 0.6) is 5.75 Å². The molecule has 0 bridgehead atoms. The minimum Gasteiger partial charge on any atom is -0.494 e. The number of thiophene rings is 1. The van der Waals surface area contributed by atoms with Gasteiger partial charge >= 0.3 is 0 Å². The van der Waals surface area contributed by atoms with Crippen LogP contribution in [0.3, 0.4) is 0 Å². The Kier molecular flexibility index (Phi) is 5.95. The molecule has 1 aromatic heterocycles. The maximum absolute atomic E-state index is 13.2. The first-order valence-corrected chi connectivity index (χ1v) is 10.7. The molecule has 6 heteroatoms. The number of hydrogen-bond acceptors (Lipinski definition) is 5. The van der Waals surface area contributed by atoms with Gasteiger partial charge in [0.1, 0.15) is 11.4 Å². The Morgan fingerprint density at radius 3 is 2.53 bits per heavy atom. The number of anilines is 1. The average molecular weight is 419 g/mol. The van der Waals surface area contributed by atoms with E-state index in [1.165, 1.54) is 16.2 Å². The lowest BCUT2D eigenvalue weighted by molar-refractivity contribution is -0.137. The topological polar surface area (TPSA) is 58.6 Å². The summed E-state index contributed by atoms with van der Waals surface area (Å²) in [4.78, 5) is 28.5. The first-order valence-electron chi connectivity index (χ1n) is 9.85. The third-order valence-electron chi connectivity index (χ3n) is 4.70. The van der Waals surface area contributed by atoms with Crippen molar-refractivity contribution >= 4 is 34.4 Å². The van der Waals surface area contributed by atoms with Crippen molar-refractivity contribution in [1.29, 1.82) is 0 Å². The summed E-state index contributed by atoms with van der Waals surface area (Å²) < 4.78 is 5.69. The summed E-state index contributed by atoms with van der Waals surface area (Å²) in [5, 5.41) is 5.09. The summed E-state index contributed by atoms with van der Waals surface area (Å²) in [6.45, 7) is 2.90. The Hall–Kier alpha value is -3.38. The van der Waals surface area contributed by atoms with Gasteiger partial charge in [0.25, 0.3) is 11.8 Å². The van der Waals surface area contributed by atoms with Gasteiger partial charge in [-0.15, -0.1) is 11.3 Å². The number of nitrogens with zero attached hydrogens (tertiary/aromatic N) is 1. The number of carbonyl (C=O) groups is 2. The van der Waals surface area contributed by atoms with Gasteiger partial charge in [-0.2, -0.15) is 0 Å². The first-order chi connectivity index (χ1) is 14.7. The number of rotatable bonds is 8. The second-order valence-corrected chi connectivity index (χ2v) is 7.86. The third-order valence-corrected chi connectivity index (χ3v) is 5.58. The van der Waals surface area contributed by atoms with Gasteiger partial charge in [0.05, 0.1) is 18.7 Å². The van der Waals surface area contributed by atoms with Gasteiger partial charge in [0, 0.05) is 16.6 Å². The predicted molar refractivity (Wildman–Crippen MR) is 119 cm³/mol. The predicted octanol–water partition coefficient (Wildman–Crippen LogP) is 4.93. The number of imide groups is 1. The van der Waals surface area contributed by atoms with E-state index in [1.54, 1.807) is 0 Å². The minimum absolute atomic E-state index is 0.234. The Morgan fingerprint density at radius 2 is 1.80 bits per heavy atom. The van der Waals surface area contributed by atoms with E-state index in [0.717, 1.165) is 22.6 Å². The molecule has 0 saturated heterocycles. The molecular weight excluding hydrogens is 396 g/mol. The maximum Gasteiger partial charge on any atom is 0.278 e. The molecule has 1 N–H and O–H groups in total. The van der Waals surface area contributed by atoms with Crippen LogP contribution < -0.4 is 10.1 Å². The maximum atomic E-state index is 13.2. The van der Waals surface area contributed by atoms with Gasteiger partial charge in [0.15, 0.2) is 0 Å². The van der Waals surface area contributed by atoms with E-state index in [1.807, 2.05) is 79.0 Å². The molecule has 4 rings (SSSR count). The van der Waals surface area contributed by atoms with Crippen molar-refractivity contribution in [2.24, 2.45) is 0 Å². The molecule has 0 atom stereocenters. The first kappa shape index (κ1) is 19.9. The van der Waals surface area contributed by atoms with Gasteiger partial charge in [0.2, 0.25) is 0 Å². The molecule has 0 aliphatic carbocycles. The van der Waals surface area contributed by atoms with Crippen LogP contribution in [0.4, 0.5) is 5.69 Å². The molecule has 0 saturated carbocycles. The second-order valence-electron chi connectivity index (χ2n) is 6.91. The largest absolute Gasteiger partial charge is 0.494 e. The molecule has 30 heavy (non-hydrogen) atoms. The fourth-order valence-corrected chi connectivity index (χ4v) is 4.05. The molecular formula is C24H22N2O3S. The highest BCUT2D eigenvalue weighted by molar-refractivity contribution is 7.11. The molecule has 152 valence electrons. The molecule has 2 aromatic carbocycles. The molecule has 0 fully saturated rings. The van der Waals surface area contributed by atoms with Crippen molar-refractivity contribution in [3.05, 3.63) is 88.2 Å². The van der Waals surface area contributed by atoms with Gasteiger partial charge < -0.3 is 10.1 Å². The van der Waals surface area contributed by atoms with Crippen LogP contribution in [-0.2, 0) is 16.1 Å². The minimum atomic E-state index is -0.327. The van der Waals surface area contributed by atoms with Gasteiger partial charge in [-0.25, -0.2) is 0 Å². The van der Waals surface area contributed by atoms with Gasteiger partial charge in [-0.1, -0.05) is 49.4 Å². The zero-order valence-electron chi connectivity index (χ0n) is 16.6. The lowest BCUT2D eigenvalue weighted by atomic mass is 10.1. The Bertz CT molecular complexity index is 1070. The Labute approximate surface area is 179 Å². The third kappa shape index (κ3) is 4.14. The normalized spacial score (nSPS) is 13.8. The van der Waals surface area contributed by atoms with E-state index in [4.69, 9.17) is 4.74 Å². The van der Waals surface area contributed by atoms with Crippen LogP contribution in [0.25, 0.3) is 5.57 Å². The highest BCUT2D eigenvalue weighted by atomic mass is 32.1. The molecule has 0 spiro atoms. The molecule has 5 nitrogen and oxygen atoms in total. The average Bonchev–Trinajstić information content (AvgIpc) is 3.37. The smallest absolute Gasteiger partial charge is 0.278 e. The number of nitrogens with one attached hydrogen (secondary N) is 1. The lowest BCUT2D eigenvalue weighted by Crippen LogP contribution is -2.31. The van der Waals surface area contributed by atoms with Gasteiger partial charge in [-0.3, -0.25) is 14.5 Å². The quantitative estimate of drug-likeness (QED) is 0.527. The van der Waals surface area contributed by atoms with E-state index in [0.29, 0.717) is 23.6 Å². The molecule has 3 aromatic rings. The monoisotopic (exact) mass is 418 g/mol. The van der Waals surface area contributed by atoms with Crippen LogP contribution in [0.1, 0.15) is 23.8 Å². The second kappa shape index (κ2) is 8.97. The van der Waals surface area contributed by atoms with Crippen molar-refractivity contribution in [3.63, 3.8) is 0 Å². The van der Waals surface area contributed by atoms with Crippen molar-refractivity contribution < 1.29 is 14.3 Å². The fourth-order valence-electron chi connectivity index (χ4n) is 3.28. The highest BCUT2D eigenvalue weighted by Crippen LogP contribution is 2.34. The van der Waals surface area contributed by atoms with Crippen LogP contribution in [0.15, 0.2) is 77.8 Å². The van der Waals surface area contributed by atoms with Crippen LogP contribution in [-0.4, -0.2) is 23.3 Å². The lowest BCUT2D eigenvalue weighted by Gasteiger charge is -2.15. The molecule has 2 heterocycles. The molecule has 0 radical (unpaired) electrons. The van der Waals surface area contributed by atoms with Crippen molar-refractivity contribution in [2.45, 2.75) is 19.9 Å². The van der Waals surface area contributed by atoms with E-state index in [9.17, 15) is 9.59 Å². The van der Waals surface area contributed by atoms with Gasteiger partial charge in [-0.05, 0) is 35.6 Å². The number of amides is 2. The summed E-state index contributed by atoms with van der Waals surface area (Å²) in [6, 6.07) is 20.7. The SMILES string of the molecule is CCCOc1cccc(NC2=C(c3cccs3)C(=O)N(Cc3ccccc3)C2=O)c1. The summed E-state index contributed by atoms with van der Waals surface area (Å²) in [5.41, 5.74) is 2.31. The summed E-state index contributed by atoms with van der Waals surface area (Å²) in [6.07, 6.45) is 0.909. The van der Waals surface area contributed by atoms with Crippen LogP contribution in [0, 0.1) is 0 Å². The van der Waals surface area contributed by atoms with Crippen LogP contribution >= 0.6 is 11.3 Å². The number of ether oxygens (including phenoxy) is 1. The number of benzene rings is 2. The molecule has 1 aliphatic rings. The molecule has 0 unspecified atom stereocenters.